The Balaban J connectivity index is 0.000000188. The molecule has 4 heterocycles. The van der Waals surface area contributed by atoms with E-state index in [4.69, 9.17) is 5.73 Å². The minimum Gasteiger partial charge on any atom is -0.396 e. The molecule has 0 saturated heterocycles. The van der Waals surface area contributed by atoms with E-state index in [0.29, 0.717) is 37.9 Å². The van der Waals surface area contributed by atoms with Gasteiger partial charge in [0.2, 0.25) is 0 Å². The lowest BCUT2D eigenvalue weighted by Gasteiger charge is -2.23. The minimum absolute atomic E-state index is 0. The Hall–Kier alpha value is -6.14. The van der Waals surface area contributed by atoms with Gasteiger partial charge in [0.05, 0.1) is 31.2 Å². The number of hydrogen-bond donors (Lipinski definition) is 1. The molecule has 0 atom stereocenters. The van der Waals surface area contributed by atoms with Crippen molar-refractivity contribution in [2.24, 2.45) is 14.1 Å². The first-order valence-corrected chi connectivity index (χ1v) is 18.0. The van der Waals surface area contributed by atoms with Crippen molar-refractivity contribution in [3.05, 3.63) is 158 Å². The van der Waals surface area contributed by atoms with Crippen LogP contribution in [0.25, 0.3) is 0 Å². The quantitative estimate of drug-likeness (QED) is 0.144. The van der Waals surface area contributed by atoms with Crippen LogP contribution in [0.5, 0.6) is 0 Å². The predicted octanol–water partition coefficient (Wildman–Crippen LogP) is 7.37. The molecule has 0 aliphatic carbocycles. The predicted molar refractivity (Wildman–Crippen MR) is 214 cm³/mol. The van der Waals surface area contributed by atoms with Crippen LogP contribution in [0.3, 0.4) is 0 Å². The van der Waals surface area contributed by atoms with Crippen LogP contribution >= 0.6 is 12.4 Å². The highest BCUT2D eigenvalue weighted by Gasteiger charge is 2.29. The molecule has 13 heteroatoms. The topological polar surface area (TPSA) is 119 Å². The molecule has 10 nitrogen and oxygen atoms in total. The van der Waals surface area contributed by atoms with Crippen molar-refractivity contribution in [1.82, 2.24) is 19.6 Å². The molecular formula is C43H42ClF2N7O3. The number of aldehydes is 1. The number of hydrogen-bond acceptors (Lipinski definition) is 6. The first-order chi connectivity index (χ1) is 26.4. The fourth-order valence-electron chi connectivity index (χ4n) is 7.28. The van der Waals surface area contributed by atoms with Gasteiger partial charge in [0, 0.05) is 78.4 Å². The molecule has 4 aromatic carbocycles. The van der Waals surface area contributed by atoms with E-state index in [2.05, 4.69) is 22.3 Å². The molecule has 2 N–H and O–H groups in total. The van der Waals surface area contributed by atoms with E-state index in [0.717, 1.165) is 62.4 Å². The van der Waals surface area contributed by atoms with Crippen LogP contribution in [0.1, 0.15) is 77.5 Å². The molecule has 8 rings (SSSR count). The summed E-state index contributed by atoms with van der Waals surface area (Å²) in [5, 5.41) is 8.68. The van der Waals surface area contributed by atoms with Crippen LogP contribution in [-0.4, -0.2) is 37.7 Å². The second kappa shape index (κ2) is 16.3. The summed E-state index contributed by atoms with van der Waals surface area (Å²) in [5.41, 5.74) is 16.7. The first-order valence-electron chi connectivity index (χ1n) is 18.0. The van der Waals surface area contributed by atoms with Crippen LogP contribution in [-0.2, 0) is 51.2 Å². The van der Waals surface area contributed by atoms with E-state index in [-0.39, 0.29) is 47.5 Å². The van der Waals surface area contributed by atoms with Crippen molar-refractivity contribution < 1.29 is 23.2 Å². The Morgan fingerprint density at radius 1 is 0.696 bits per heavy atom. The van der Waals surface area contributed by atoms with Gasteiger partial charge in [-0.1, -0.05) is 41.5 Å². The van der Waals surface area contributed by atoms with Gasteiger partial charge in [-0.2, -0.15) is 10.2 Å². The van der Waals surface area contributed by atoms with Gasteiger partial charge in [-0.3, -0.25) is 19.0 Å². The number of nitrogen functional groups attached to an aromatic ring is 1. The maximum Gasteiger partial charge on any atom is 0.258 e. The Labute approximate surface area is 329 Å². The smallest absolute Gasteiger partial charge is 0.258 e. The van der Waals surface area contributed by atoms with Crippen LogP contribution in [0, 0.1) is 25.5 Å². The van der Waals surface area contributed by atoms with Crippen LogP contribution in [0.4, 0.5) is 25.8 Å². The number of benzene rings is 4. The molecule has 0 spiro atoms. The second-order valence-corrected chi connectivity index (χ2v) is 14.1. The molecule has 56 heavy (non-hydrogen) atoms. The molecule has 0 fully saturated rings. The third-order valence-electron chi connectivity index (χ3n) is 10.3. The summed E-state index contributed by atoms with van der Waals surface area (Å²) in [7, 11) is 3.81. The number of aromatic nitrogens is 4. The number of fused-ring (bicyclic) bond motifs is 4. The molecule has 0 saturated carbocycles. The average molecular weight is 778 g/mol. The zero-order valence-electron chi connectivity index (χ0n) is 31.6. The van der Waals surface area contributed by atoms with Gasteiger partial charge in [-0.25, -0.2) is 8.78 Å². The maximum absolute atomic E-state index is 14.5. The van der Waals surface area contributed by atoms with Crippen LogP contribution in [0.2, 0.25) is 0 Å². The fraction of sp³-hybridized carbons (Fsp3) is 0.233. The van der Waals surface area contributed by atoms with Crippen molar-refractivity contribution in [3.63, 3.8) is 0 Å². The molecule has 2 aliphatic heterocycles. The lowest BCUT2D eigenvalue weighted by Crippen LogP contribution is -2.30. The van der Waals surface area contributed by atoms with Crippen molar-refractivity contribution in [2.45, 2.75) is 52.6 Å². The Morgan fingerprint density at radius 3 is 1.64 bits per heavy atom. The molecule has 6 aromatic rings. The van der Waals surface area contributed by atoms with Crippen molar-refractivity contribution in [2.75, 3.05) is 15.5 Å². The third-order valence-corrected chi connectivity index (χ3v) is 10.3. The monoisotopic (exact) mass is 777 g/mol. The molecule has 2 aromatic heterocycles. The third kappa shape index (κ3) is 7.83. The summed E-state index contributed by atoms with van der Waals surface area (Å²) >= 11 is 0. The zero-order valence-corrected chi connectivity index (χ0v) is 32.4. The van der Waals surface area contributed by atoms with E-state index in [1.807, 2.05) is 61.6 Å². The van der Waals surface area contributed by atoms with E-state index >= 15 is 0 Å². The zero-order chi connectivity index (χ0) is 39.0. The van der Waals surface area contributed by atoms with Gasteiger partial charge < -0.3 is 20.3 Å². The van der Waals surface area contributed by atoms with Gasteiger partial charge in [0.15, 0.2) is 0 Å². The van der Waals surface area contributed by atoms with Crippen LogP contribution < -0.4 is 15.5 Å². The summed E-state index contributed by atoms with van der Waals surface area (Å²) < 4.78 is 32.0. The number of halogens is 3. The highest BCUT2D eigenvalue weighted by Crippen LogP contribution is 2.34. The Kier molecular flexibility index (Phi) is 11.5. The number of carbonyl (C=O) groups excluding carboxylic acids is 3. The normalized spacial score (nSPS) is 12.8. The standard InChI is InChI=1S/C23H22FN3O2.C20H19FN4O.ClH/c1-15-5-8-21-18(10-15)12-22-19(13-25-26(22)2)14-27(21)23(29)17-7-6-16(4-3-9-28)20(24)11-17;1-12-3-6-18-14(7-12)9-19-15(10-23-24(19)2)11-25(18)20(26)13-4-5-17(22)16(21)8-13;/h5-11,13H,3-4,12,14H2,1-2H3;3-8,10H,9,11,22H2,1-2H3;1H. The lowest BCUT2D eigenvalue weighted by molar-refractivity contribution is -0.107. The van der Waals surface area contributed by atoms with Crippen molar-refractivity contribution in [3.8, 4) is 0 Å². The van der Waals surface area contributed by atoms with E-state index in [1.54, 1.807) is 40.4 Å². The van der Waals surface area contributed by atoms with Crippen LogP contribution in [0.15, 0.2) is 85.2 Å². The van der Waals surface area contributed by atoms with Gasteiger partial charge in [0.1, 0.15) is 17.9 Å². The van der Waals surface area contributed by atoms with Crippen molar-refractivity contribution >= 4 is 47.6 Å². The van der Waals surface area contributed by atoms with E-state index in [9.17, 15) is 23.2 Å². The highest BCUT2D eigenvalue weighted by atomic mass is 35.5. The first kappa shape index (κ1) is 39.6. The number of amides is 2. The summed E-state index contributed by atoms with van der Waals surface area (Å²) in [6.07, 6.45) is 6.31. The SMILES string of the molecule is Cc1ccc2c(c1)Cc1c(cnn1C)CN2C(=O)c1ccc(CCC=O)c(F)c1.Cc1ccc2c(c1)Cc1c(cnn1C)CN2C(=O)c1ccc(N)c(F)c1.Cl. The fourth-order valence-corrected chi connectivity index (χ4v) is 7.28. The highest BCUT2D eigenvalue weighted by molar-refractivity contribution is 6.07. The number of anilines is 3. The number of aryl methyl sites for hydroxylation is 5. The maximum atomic E-state index is 14.5. The molecule has 288 valence electrons. The summed E-state index contributed by atoms with van der Waals surface area (Å²) in [6.45, 7) is 4.82. The summed E-state index contributed by atoms with van der Waals surface area (Å²) in [4.78, 5) is 40.5. The van der Waals surface area contributed by atoms with Gasteiger partial charge in [-0.15, -0.1) is 12.4 Å². The Morgan fingerprint density at radius 2 is 1.18 bits per heavy atom. The molecule has 0 unspecified atom stereocenters. The molecular weight excluding hydrogens is 736 g/mol. The van der Waals surface area contributed by atoms with Gasteiger partial charge >= 0.3 is 0 Å². The second-order valence-electron chi connectivity index (χ2n) is 14.1. The number of nitrogens with two attached hydrogens (primary N) is 1. The minimum atomic E-state index is -0.586. The number of nitrogens with zero attached hydrogens (tertiary/aromatic N) is 6. The summed E-state index contributed by atoms with van der Waals surface area (Å²) in [6, 6.07) is 20.7. The van der Waals surface area contributed by atoms with E-state index in [1.165, 1.54) is 18.2 Å². The van der Waals surface area contributed by atoms with Gasteiger partial charge in [-0.05, 0) is 79.4 Å². The molecule has 0 bridgehead atoms. The lowest BCUT2D eigenvalue weighted by atomic mass is 10.0. The summed E-state index contributed by atoms with van der Waals surface area (Å²) in [5.74, 6) is -1.56. The van der Waals surface area contributed by atoms with Crippen molar-refractivity contribution in [1.29, 1.82) is 0 Å². The number of carbonyl (C=O) groups is 3. The Bertz CT molecular complexity index is 2480. The van der Waals surface area contributed by atoms with Gasteiger partial charge in [0.25, 0.3) is 11.8 Å². The van der Waals surface area contributed by atoms with E-state index < -0.39 is 11.6 Å². The number of rotatable bonds is 5. The molecule has 2 amide bonds. The average Bonchev–Trinajstić information content (AvgIpc) is 3.56. The largest absolute Gasteiger partial charge is 0.396 e. The molecule has 2 aliphatic rings. The molecule has 0 radical (unpaired) electrons.